The molecule has 0 radical (unpaired) electrons. The van der Waals surface area contributed by atoms with Crippen molar-refractivity contribution in [3.63, 3.8) is 0 Å². The number of amides is 2. The van der Waals surface area contributed by atoms with Crippen molar-refractivity contribution in [3.05, 3.63) is 0 Å². The molecular formula is C27H43F5N6O4S. The summed E-state index contributed by atoms with van der Waals surface area (Å²) in [5.41, 5.74) is -0.383. The number of thioether (sulfide) groups is 1. The van der Waals surface area contributed by atoms with Gasteiger partial charge in [-0.15, -0.1) is 11.8 Å². The standard InChI is InChI=1S/C27H43F5N6O4S/c1-12-6-15(16-7-13(21(28)29)8-34-23(16)41-2)17(9-33-12)22(39)37-26-35-18-10-38(11-19(18)43-26)25(40)14-4-5-20(27(30,31)32)36-24(14)42-3/h12-21,23-24,26,33-36H,4-11H2,1-3H3,(H,37,39). The second kappa shape index (κ2) is 13.6. The smallest absolute Gasteiger partial charge is 0.366 e. The third kappa shape index (κ3) is 7.25. The Hall–Kier alpha value is -1.30. The van der Waals surface area contributed by atoms with E-state index < -0.39 is 48.9 Å². The van der Waals surface area contributed by atoms with Crippen LogP contribution in [0.4, 0.5) is 22.0 Å². The number of methoxy groups -OCH3 is 2. The van der Waals surface area contributed by atoms with Crippen LogP contribution < -0.4 is 26.6 Å². The van der Waals surface area contributed by atoms with E-state index in [0.29, 0.717) is 26.1 Å². The van der Waals surface area contributed by atoms with E-state index in [1.165, 1.54) is 18.9 Å². The molecule has 0 bridgehead atoms. The third-order valence-electron chi connectivity index (χ3n) is 9.86. The summed E-state index contributed by atoms with van der Waals surface area (Å²) in [5, 5.41) is 15.4. The summed E-state index contributed by atoms with van der Waals surface area (Å²) >= 11 is 1.51. The first-order valence-electron chi connectivity index (χ1n) is 15.0. The van der Waals surface area contributed by atoms with Crippen molar-refractivity contribution in [2.75, 3.05) is 40.4 Å². The van der Waals surface area contributed by atoms with Crippen molar-refractivity contribution in [3.8, 4) is 0 Å². The number of piperidine rings is 3. The molecule has 5 aliphatic rings. The summed E-state index contributed by atoms with van der Waals surface area (Å²) in [6.45, 7) is 3.42. The SMILES string of the molecule is COC1NC(C(F)(F)F)CCC1C(=O)N1CC2NC(NC(=O)C3CNC(C)CC3C3CC(C(F)F)CNC3OC)SC2C1. The van der Waals surface area contributed by atoms with Crippen molar-refractivity contribution in [2.24, 2.45) is 29.6 Å². The van der Waals surface area contributed by atoms with Crippen LogP contribution in [0.1, 0.15) is 32.6 Å². The van der Waals surface area contributed by atoms with Gasteiger partial charge in [0.05, 0.1) is 11.8 Å². The zero-order valence-electron chi connectivity index (χ0n) is 24.5. The van der Waals surface area contributed by atoms with E-state index in [2.05, 4.69) is 26.6 Å². The van der Waals surface area contributed by atoms with Crippen molar-refractivity contribution in [1.82, 2.24) is 31.5 Å². The summed E-state index contributed by atoms with van der Waals surface area (Å²) in [4.78, 5) is 28.6. The van der Waals surface area contributed by atoms with Crippen LogP contribution in [-0.2, 0) is 19.1 Å². The van der Waals surface area contributed by atoms with Crippen molar-refractivity contribution in [1.29, 1.82) is 0 Å². The lowest BCUT2D eigenvalue weighted by molar-refractivity contribution is -0.183. The third-order valence-corrected chi connectivity index (χ3v) is 11.2. The molecule has 5 aliphatic heterocycles. The first-order chi connectivity index (χ1) is 20.4. The number of halogens is 5. The van der Waals surface area contributed by atoms with E-state index in [1.807, 2.05) is 6.92 Å². The van der Waals surface area contributed by atoms with Gasteiger partial charge in [0.2, 0.25) is 18.2 Å². The van der Waals surface area contributed by atoms with Gasteiger partial charge in [-0.1, -0.05) is 0 Å². The molecule has 246 valence electrons. The summed E-state index contributed by atoms with van der Waals surface area (Å²) in [7, 11) is 2.85. The lowest BCUT2D eigenvalue weighted by Gasteiger charge is -2.45. The fraction of sp³-hybridized carbons (Fsp3) is 0.926. The van der Waals surface area contributed by atoms with Crippen LogP contribution in [0.3, 0.4) is 0 Å². The maximum Gasteiger partial charge on any atom is 0.403 e. The van der Waals surface area contributed by atoms with Gasteiger partial charge in [0, 0.05) is 69.6 Å². The summed E-state index contributed by atoms with van der Waals surface area (Å²) < 4.78 is 77.7. The largest absolute Gasteiger partial charge is 0.403 e. The first-order valence-corrected chi connectivity index (χ1v) is 16.0. The Kier molecular flexibility index (Phi) is 10.5. The van der Waals surface area contributed by atoms with Gasteiger partial charge >= 0.3 is 6.18 Å². The fourth-order valence-electron chi connectivity index (χ4n) is 7.57. The Labute approximate surface area is 252 Å². The molecule has 43 heavy (non-hydrogen) atoms. The topological polar surface area (TPSA) is 116 Å². The molecule has 5 saturated heterocycles. The van der Waals surface area contributed by atoms with E-state index >= 15 is 0 Å². The second-order valence-electron chi connectivity index (χ2n) is 12.6. The predicted octanol–water partition coefficient (Wildman–Crippen LogP) is 1.28. The Balaban J connectivity index is 1.16. The predicted molar refractivity (Wildman–Crippen MR) is 149 cm³/mol. The normalized spacial score (nSPS) is 42.2. The lowest BCUT2D eigenvalue weighted by atomic mass is 9.69. The van der Waals surface area contributed by atoms with Gasteiger partial charge in [0.25, 0.3) is 0 Å². The molecular weight excluding hydrogens is 599 g/mol. The minimum absolute atomic E-state index is 0.00207. The van der Waals surface area contributed by atoms with Crippen LogP contribution >= 0.6 is 11.8 Å². The van der Waals surface area contributed by atoms with Crippen LogP contribution in [-0.4, -0.2) is 111 Å². The minimum atomic E-state index is -4.41. The molecule has 5 N–H and O–H groups in total. The summed E-state index contributed by atoms with van der Waals surface area (Å²) in [6.07, 6.45) is -7.45. The molecule has 5 rings (SSSR count). The molecule has 0 aromatic rings. The average Bonchev–Trinajstić information content (AvgIpc) is 3.54. The highest BCUT2D eigenvalue weighted by atomic mass is 32.2. The molecule has 12 unspecified atom stereocenters. The van der Waals surface area contributed by atoms with E-state index in [4.69, 9.17) is 9.47 Å². The van der Waals surface area contributed by atoms with Gasteiger partial charge in [-0.05, 0) is 38.5 Å². The first kappa shape index (κ1) is 33.1. The minimum Gasteiger partial charge on any atom is -0.366 e. The van der Waals surface area contributed by atoms with Crippen LogP contribution in [0.25, 0.3) is 0 Å². The Morgan fingerprint density at radius 3 is 2.35 bits per heavy atom. The molecule has 0 spiro atoms. The molecule has 10 nitrogen and oxygen atoms in total. The summed E-state index contributed by atoms with van der Waals surface area (Å²) in [5.74, 6) is -2.72. The van der Waals surface area contributed by atoms with Crippen molar-refractivity contribution >= 4 is 23.6 Å². The molecule has 5 fully saturated rings. The lowest BCUT2D eigenvalue weighted by Crippen LogP contribution is -2.58. The van der Waals surface area contributed by atoms with Crippen molar-refractivity contribution < 1.29 is 41.0 Å². The van der Waals surface area contributed by atoms with Gasteiger partial charge in [-0.25, -0.2) is 8.78 Å². The number of carbonyl (C=O) groups excluding carboxylic acids is 2. The number of nitrogens with one attached hydrogen (secondary N) is 5. The number of hydrogen-bond acceptors (Lipinski definition) is 9. The van der Waals surface area contributed by atoms with E-state index in [9.17, 15) is 31.5 Å². The van der Waals surface area contributed by atoms with Gasteiger partial charge in [0.15, 0.2) is 0 Å². The Morgan fingerprint density at radius 1 is 0.953 bits per heavy atom. The molecule has 0 aromatic heterocycles. The highest BCUT2D eigenvalue weighted by molar-refractivity contribution is 8.00. The molecule has 0 aromatic carbocycles. The number of ether oxygens (including phenoxy) is 2. The monoisotopic (exact) mass is 642 g/mol. The number of likely N-dealkylation sites (tertiary alicyclic amines) is 1. The van der Waals surface area contributed by atoms with Gasteiger partial charge in [0.1, 0.15) is 24.0 Å². The zero-order chi connectivity index (χ0) is 31.1. The Bertz CT molecular complexity index is 986. The van der Waals surface area contributed by atoms with Gasteiger partial charge in [-0.2, -0.15) is 13.2 Å². The molecule has 0 saturated carbocycles. The molecule has 12 atom stereocenters. The number of fused-ring (bicyclic) bond motifs is 1. The fourth-order valence-corrected chi connectivity index (χ4v) is 8.97. The number of carbonyl (C=O) groups is 2. The maximum absolute atomic E-state index is 13.6. The van der Waals surface area contributed by atoms with Gasteiger partial charge in [-0.3, -0.25) is 25.5 Å². The highest BCUT2D eigenvalue weighted by Crippen LogP contribution is 2.40. The maximum atomic E-state index is 13.6. The van der Waals surface area contributed by atoms with Crippen LogP contribution in [0.15, 0.2) is 0 Å². The molecule has 2 amide bonds. The summed E-state index contributed by atoms with van der Waals surface area (Å²) in [6, 6.07) is -1.66. The molecule has 0 aliphatic carbocycles. The van der Waals surface area contributed by atoms with Crippen LogP contribution in [0, 0.1) is 29.6 Å². The second-order valence-corrected chi connectivity index (χ2v) is 13.9. The van der Waals surface area contributed by atoms with E-state index in [0.717, 1.165) is 0 Å². The average molecular weight is 643 g/mol. The van der Waals surface area contributed by atoms with E-state index in [1.54, 1.807) is 12.0 Å². The molecule has 5 heterocycles. The van der Waals surface area contributed by atoms with E-state index in [-0.39, 0.29) is 72.3 Å². The van der Waals surface area contributed by atoms with Crippen LogP contribution in [0.2, 0.25) is 0 Å². The van der Waals surface area contributed by atoms with Crippen molar-refractivity contribution in [2.45, 2.75) is 86.5 Å². The Morgan fingerprint density at radius 2 is 1.70 bits per heavy atom. The van der Waals surface area contributed by atoms with Crippen LogP contribution in [0.5, 0.6) is 0 Å². The van der Waals surface area contributed by atoms with Gasteiger partial charge < -0.3 is 25.0 Å². The zero-order valence-corrected chi connectivity index (χ0v) is 25.4. The quantitative estimate of drug-likeness (QED) is 0.262. The number of alkyl halides is 5. The molecule has 16 heteroatoms. The number of rotatable bonds is 7. The number of hydrogen-bond donors (Lipinski definition) is 5. The highest BCUT2D eigenvalue weighted by Gasteiger charge is 2.51. The number of nitrogens with zero attached hydrogens (tertiary/aromatic N) is 1.